The Kier molecular flexibility index (Phi) is 6.93. The minimum Gasteiger partial charge on any atom is -0.481 e. The van der Waals surface area contributed by atoms with E-state index in [4.69, 9.17) is 14.7 Å². The molecule has 0 radical (unpaired) electrons. The highest BCUT2D eigenvalue weighted by Gasteiger charge is 2.18. The molecule has 1 heterocycles. The number of rotatable bonds is 7. The second-order valence-electron chi connectivity index (χ2n) is 6.01. The molecule has 146 valence electrons. The maximum Gasteiger partial charge on any atom is 0.340 e. The summed E-state index contributed by atoms with van der Waals surface area (Å²) in [5.41, 5.74) is 5.33. The van der Waals surface area contributed by atoms with E-state index in [9.17, 15) is 9.59 Å². The second kappa shape index (κ2) is 9.37. The number of nitriles is 1. The molecule has 0 saturated heterocycles. The number of amides is 1. The Hall–Kier alpha value is -3.60. The predicted octanol–water partition coefficient (Wildman–Crippen LogP) is 2.60. The van der Waals surface area contributed by atoms with Crippen LogP contribution in [0.15, 0.2) is 29.4 Å². The van der Waals surface area contributed by atoms with Crippen molar-refractivity contribution in [2.24, 2.45) is 5.10 Å². The number of carbonyl (C=O) groups is 2. The van der Waals surface area contributed by atoms with Gasteiger partial charge in [0.1, 0.15) is 5.75 Å². The fourth-order valence-corrected chi connectivity index (χ4v) is 2.53. The summed E-state index contributed by atoms with van der Waals surface area (Å²) >= 11 is 0. The third-order valence-electron chi connectivity index (χ3n) is 3.99. The third-order valence-corrected chi connectivity index (χ3v) is 3.99. The minimum atomic E-state index is -0.786. The summed E-state index contributed by atoms with van der Waals surface area (Å²) in [7, 11) is 0. The first-order valence-electron chi connectivity index (χ1n) is 8.73. The number of nitrogens with one attached hydrogen (secondary N) is 2. The molecule has 2 N–H and O–H groups in total. The number of aryl methyl sites for hydroxylation is 1. The van der Waals surface area contributed by atoms with Gasteiger partial charge in [-0.3, -0.25) is 4.79 Å². The lowest BCUT2D eigenvalue weighted by molar-refractivity contribution is -0.127. The van der Waals surface area contributed by atoms with Crippen molar-refractivity contribution in [1.82, 2.24) is 10.4 Å². The number of nitrogens with zero attached hydrogens (tertiary/aromatic N) is 2. The second-order valence-corrected chi connectivity index (χ2v) is 6.01. The van der Waals surface area contributed by atoms with E-state index in [1.165, 1.54) is 6.21 Å². The van der Waals surface area contributed by atoms with Crippen LogP contribution < -0.4 is 10.2 Å². The fraction of sp³-hybridized carbons (Fsp3) is 0.300. The molecular formula is C20H22N4O4. The Morgan fingerprint density at radius 1 is 1.32 bits per heavy atom. The van der Waals surface area contributed by atoms with Crippen LogP contribution in [-0.4, -0.2) is 35.8 Å². The van der Waals surface area contributed by atoms with Gasteiger partial charge in [0.2, 0.25) is 0 Å². The maximum absolute atomic E-state index is 12.1. The van der Waals surface area contributed by atoms with Crippen molar-refractivity contribution < 1.29 is 19.1 Å². The zero-order chi connectivity index (χ0) is 20.7. The summed E-state index contributed by atoms with van der Waals surface area (Å²) < 4.78 is 10.6. The Labute approximate surface area is 163 Å². The molecule has 0 saturated carbocycles. The molecule has 2 rings (SSSR count). The van der Waals surface area contributed by atoms with Crippen LogP contribution in [0, 0.1) is 25.2 Å². The molecule has 1 amide bonds. The van der Waals surface area contributed by atoms with Crippen LogP contribution in [0.3, 0.4) is 0 Å². The normalized spacial score (nSPS) is 11.7. The summed E-state index contributed by atoms with van der Waals surface area (Å²) in [6, 6.07) is 8.46. The summed E-state index contributed by atoms with van der Waals surface area (Å²) in [6.45, 7) is 7.16. The highest BCUT2D eigenvalue weighted by Crippen LogP contribution is 2.18. The molecular weight excluding hydrogens is 360 g/mol. The number of carbonyl (C=O) groups excluding carboxylic acids is 2. The van der Waals surface area contributed by atoms with E-state index in [1.54, 1.807) is 52.0 Å². The molecule has 1 atom stereocenters. The number of H-pyrrole nitrogens is 1. The molecule has 0 bridgehead atoms. The average molecular weight is 382 g/mol. The first-order valence-corrected chi connectivity index (χ1v) is 8.73. The van der Waals surface area contributed by atoms with Gasteiger partial charge in [0.25, 0.3) is 5.91 Å². The van der Waals surface area contributed by atoms with Crippen LogP contribution in [0.25, 0.3) is 0 Å². The average Bonchev–Trinajstić information content (AvgIpc) is 2.95. The van der Waals surface area contributed by atoms with Gasteiger partial charge in [-0.2, -0.15) is 10.4 Å². The zero-order valence-electron chi connectivity index (χ0n) is 16.2. The van der Waals surface area contributed by atoms with Crippen molar-refractivity contribution in [2.45, 2.75) is 33.8 Å². The standard InChI is InChI=1S/C20H22N4O4/c1-5-27-20(26)18-12(2)17(23-13(18)3)11-22-24-19(25)14(4)28-16-8-6-15(10-21)7-9-16/h6-9,11,14,23H,5H2,1-4H3,(H,24,25)/b22-11+/t14-/m0/s1. The van der Waals surface area contributed by atoms with E-state index in [0.717, 1.165) is 0 Å². The fourth-order valence-electron chi connectivity index (χ4n) is 2.53. The molecule has 0 spiro atoms. The molecule has 1 aromatic heterocycles. The number of hydrogen-bond donors (Lipinski definition) is 2. The smallest absolute Gasteiger partial charge is 0.340 e. The van der Waals surface area contributed by atoms with Gasteiger partial charge in [-0.05, 0) is 57.5 Å². The SMILES string of the molecule is CCOC(=O)c1c(C)[nH]c(/C=N/NC(=O)[C@H](C)Oc2ccc(C#N)cc2)c1C. The van der Waals surface area contributed by atoms with Gasteiger partial charge in [-0.1, -0.05) is 0 Å². The third kappa shape index (κ3) is 4.98. The molecule has 2 aromatic rings. The van der Waals surface area contributed by atoms with Crippen molar-refractivity contribution in [3.05, 3.63) is 52.3 Å². The molecule has 0 fully saturated rings. The highest BCUT2D eigenvalue weighted by molar-refractivity contribution is 5.96. The van der Waals surface area contributed by atoms with E-state index in [-0.39, 0.29) is 0 Å². The van der Waals surface area contributed by atoms with Crippen LogP contribution in [0.4, 0.5) is 0 Å². The largest absolute Gasteiger partial charge is 0.481 e. The van der Waals surface area contributed by atoms with Crippen LogP contribution in [0.5, 0.6) is 5.75 Å². The first-order chi connectivity index (χ1) is 13.4. The summed E-state index contributed by atoms with van der Waals surface area (Å²) in [4.78, 5) is 27.2. The van der Waals surface area contributed by atoms with Crippen molar-refractivity contribution >= 4 is 18.1 Å². The van der Waals surface area contributed by atoms with Gasteiger partial charge in [-0.15, -0.1) is 0 Å². The topological polar surface area (TPSA) is 117 Å². The van der Waals surface area contributed by atoms with E-state index >= 15 is 0 Å². The Morgan fingerprint density at radius 2 is 2.00 bits per heavy atom. The van der Waals surface area contributed by atoms with Crippen molar-refractivity contribution in [3.63, 3.8) is 0 Å². The quantitative estimate of drug-likeness (QED) is 0.434. The number of aromatic nitrogens is 1. The minimum absolute atomic E-state index is 0.291. The lowest BCUT2D eigenvalue weighted by atomic mass is 10.1. The number of ether oxygens (including phenoxy) is 2. The molecule has 0 aliphatic carbocycles. The lowest BCUT2D eigenvalue weighted by Gasteiger charge is -2.12. The predicted molar refractivity (Wildman–Crippen MR) is 103 cm³/mol. The van der Waals surface area contributed by atoms with Gasteiger partial charge >= 0.3 is 5.97 Å². The van der Waals surface area contributed by atoms with E-state index in [2.05, 4.69) is 15.5 Å². The van der Waals surface area contributed by atoms with Gasteiger partial charge in [0.05, 0.1) is 35.7 Å². The van der Waals surface area contributed by atoms with Crippen LogP contribution >= 0.6 is 0 Å². The monoisotopic (exact) mass is 382 g/mol. The van der Waals surface area contributed by atoms with E-state index in [0.29, 0.717) is 40.4 Å². The van der Waals surface area contributed by atoms with E-state index in [1.807, 2.05) is 6.07 Å². The van der Waals surface area contributed by atoms with Crippen LogP contribution in [0.2, 0.25) is 0 Å². The Morgan fingerprint density at radius 3 is 2.61 bits per heavy atom. The van der Waals surface area contributed by atoms with Crippen molar-refractivity contribution in [3.8, 4) is 11.8 Å². The number of esters is 1. The van der Waals surface area contributed by atoms with Gasteiger partial charge in [-0.25, -0.2) is 10.2 Å². The summed E-state index contributed by atoms with van der Waals surface area (Å²) in [5, 5.41) is 12.7. The summed E-state index contributed by atoms with van der Waals surface area (Å²) in [6.07, 6.45) is 0.642. The first kappa shape index (κ1) is 20.7. The summed E-state index contributed by atoms with van der Waals surface area (Å²) in [5.74, 6) is -0.366. The van der Waals surface area contributed by atoms with Gasteiger partial charge in [0, 0.05) is 5.69 Å². The molecule has 8 nitrogen and oxygen atoms in total. The number of aromatic amines is 1. The zero-order valence-corrected chi connectivity index (χ0v) is 16.2. The van der Waals surface area contributed by atoms with Crippen LogP contribution in [-0.2, 0) is 9.53 Å². The molecule has 1 aromatic carbocycles. The highest BCUT2D eigenvalue weighted by atomic mass is 16.5. The van der Waals surface area contributed by atoms with E-state index < -0.39 is 18.0 Å². The number of hydrazone groups is 1. The van der Waals surface area contributed by atoms with Gasteiger partial charge in [0.15, 0.2) is 6.10 Å². The molecule has 28 heavy (non-hydrogen) atoms. The molecule has 0 unspecified atom stereocenters. The number of hydrogen-bond acceptors (Lipinski definition) is 6. The molecule has 0 aliphatic rings. The van der Waals surface area contributed by atoms with Crippen LogP contribution in [0.1, 0.15) is 46.7 Å². The van der Waals surface area contributed by atoms with Crippen molar-refractivity contribution in [2.75, 3.05) is 6.61 Å². The van der Waals surface area contributed by atoms with Crippen molar-refractivity contribution in [1.29, 1.82) is 5.26 Å². The Bertz CT molecular complexity index is 923. The van der Waals surface area contributed by atoms with Gasteiger partial charge < -0.3 is 14.5 Å². The molecule has 0 aliphatic heterocycles. The lowest BCUT2D eigenvalue weighted by Crippen LogP contribution is -2.33. The Balaban J connectivity index is 1.98. The number of benzene rings is 1. The maximum atomic E-state index is 12.1. The molecule has 8 heteroatoms.